The largest absolute Gasteiger partial charge is 0.486 e. The zero-order valence-corrected chi connectivity index (χ0v) is 18.6. The first kappa shape index (κ1) is 20.2. The number of thiophene rings is 1. The molecular formula is C21H23BrN2O4S. The van der Waals surface area contributed by atoms with Crippen molar-refractivity contribution in [2.24, 2.45) is 5.92 Å². The lowest BCUT2D eigenvalue weighted by atomic mass is 9.96. The topological polar surface area (TPSA) is 67.9 Å². The van der Waals surface area contributed by atoms with E-state index in [1.807, 2.05) is 36.6 Å². The van der Waals surface area contributed by atoms with E-state index < -0.39 is 0 Å². The number of halogens is 1. The van der Waals surface area contributed by atoms with E-state index in [-0.39, 0.29) is 23.8 Å². The molecule has 2 amide bonds. The van der Waals surface area contributed by atoms with Crippen LogP contribution in [0.1, 0.15) is 41.0 Å². The average molecular weight is 479 g/mol. The molecule has 0 saturated carbocycles. The van der Waals surface area contributed by atoms with Crippen LogP contribution in [0.2, 0.25) is 0 Å². The van der Waals surface area contributed by atoms with E-state index in [0.717, 1.165) is 27.8 Å². The molecule has 2 atom stereocenters. The van der Waals surface area contributed by atoms with Gasteiger partial charge in [-0.05, 0) is 48.9 Å². The summed E-state index contributed by atoms with van der Waals surface area (Å²) < 4.78 is 12.1. The van der Waals surface area contributed by atoms with Gasteiger partial charge in [0, 0.05) is 17.6 Å². The SMILES string of the molecule is C[C@@H](NC(=O)[C@H]1CCCN(C(=O)c2cccs2)C1)c1cc2c(cc1Br)OCCO2. The molecule has 2 aliphatic rings. The molecule has 4 rings (SSSR count). The van der Waals surface area contributed by atoms with E-state index in [4.69, 9.17) is 9.47 Å². The standard InChI is InChI=1S/C21H23BrN2O4S/c1-13(15-10-17-18(11-16(15)22)28-8-7-27-17)23-20(25)14-4-2-6-24(12-14)21(26)19-5-3-9-29-19/h3,5,9-11,13-14H,2,4,6-8,12H2,1H3,(H,23,25)/t13-,14+/m1/s1. The monoisotopic (exact) mass is 478 g/mol. The second-order valence-corrected chi connectivity index (χ2v) is 9.12. The van der Waals surface area contributed by atoms with Crippen LogP contribution < -0.4 is 14.8 Å². The second-order valence-electron chi connectivity index (χ2n) is 7.32. The zero-order chi connectivity index (χ0) is 20.4. The molecular weight excluding hydrogens is 456 g/mol. The predicted octanol–water partition coefficient (Wildman–Crippen LogP) is 4.01. The molecule has 29 heavy (non-hydrogen) atoms. The van der Waals surface area contributed by atoms with Gasteiger partial charge in [-0.15, -0.1) is 11.3 Å². The number of amides is 2. The van der Waals surface area contributed by atoms with E-state index in [9.17, 15) is 9.59 Å². The maximum atomic E-state index is 12.9. The molecule has 0 bridgehead atoms. The van der Waals surface area contributed by atoms with Crippen molar-refractivity contribution in [2.75, 3.05) is 26.3 Å². The van der Waals surface area contributed by atoms with Crippen LogP contribution >= 0.6 is 27.3 Å². The Morgan fingerprint density at radius 1 is 1.28 bits per heavy atom. The Hall–Kier alpha value is -2.06. The highest BCUT2D eigenvalue weighted by Crippen LogP contribution is 2.38. The number of hydrogen-bond acceptors (Lipinski definition) is 5. The molecule has 0 unspecified atom stereocenters. The van der Waals surface area contributed by atoms with Crippen LogP contribution in [0.15, 0.2) is 34.1 Å². The second kappa shape index (κ2) is 8.75. The molecule has 6 nitrogen and oxygen atoms in total. The summed E-state index contributed by atoms with van der Waals surface area (Å²) in [4.78, 5) is 28.1. The van der Waals surface area contributed by atoms with Crippen molar-refractivity contribution in [3.63, 3.8) is 0 Å². The fourth-order valence-corrected chi connectivity index (χ4v) is 5.11. The molecule has 154 valence electrons. The van der Waals surface area contributed by atoms with E-state index >= 15 is 0 Å². The van der Waals surface area contributed by atoms with Gasteiger partial charge >= 0.3 is 0 Å². The fraction of sp³-hybridized carbons (Fsp3) is 0.429. The summed E-state index contributed by atoms with van der Waals surface area (Å²) in [5.74, 6) is 1.19. The number of ether oxygens (including phenoxy) is 2. The number of benzene rings is 1. The third-order valence-corrected chi connectivity index (χ3v) is 6.84. The van der Waals surface area contributed by atoms with Gasteiger partial charge in [-0.3, -0.25) is 9.59 Å². The number of nitrogens with zero attached hydrogens (tertiary/aromatic N) is 1. The maximum Gasteiger partial charge on any atom is 0.263 e. The van der Waals surface area contributed by atoms with Crippen LogP contribution in [0.25, 0.3) is 0 Å². The molecule has 1 N–H and O–H groups in total. The fourth-order valence-electron chi connectivity index (χ4n) is 3.75. The summed E-state index contributed by atoms with van der Waals surface area (Å²) in [6.45, 7) is 4.16. The van der Waals surface area contributed by atoms with Crippen molar-refractivity contribution in [3.8, 4) is 11.5 Å². The van der Waals surface area contributed by atoms with Gasteiger partial charge < -0.3 is 19.7 Å². The van der Waals surface area contributed by atoms with Crippen molar-refractivity contribution in [2.45, 2.75) is 25.8 Å². The number of rotatable bonds is 4. The Bertz CT molecular complexity index is 902. The van der Waals surface area contributed by atoms with Gasteiger partial charge in [0.05, 0.1) is 16.8 Å². The van der Waals surface area contributed by atoms with Gasteiger partial charge in [-0.2, -0.15) is 0 Å². The highest BCUT2D eigenvalue weighted by molar-refractivity contribution is 9.10. The summed E-state index contributed by atoms with van der Waals surface area (Å²) in [5.41, 5.74) is 0.935. The van der Waals surface area contributed by atoms with Gasteiger partial charge in [0.1, 0.15) is 13.2 Å². The molecule has 1 saturated heterocycles. The van der Waals surface area contributed by atoms with Crippen LogP contribution in [0.4, 0.5) is 0 Å². The number of nitrogens with one attached hydrogen (secondary N) is 1. The smallest absolute Gasteiger partial charge is 0.263 e. The van der Waals surface area contributed by atoms with Gasteiger partial charge in [0.25, 0.3) is 5.91 Å². The highest BCUT2D eigenvalue weighted by atomic mass is 79.9. The first-order valence-electron chi connectivity index (χ1n) is 9.75. The minimum atomic E-state index is -0.203. The van der Waals surface area contributed by atoms with Crippen molar-refractivity contribution in [1.29, 1.82) is 0 Å². The Labute approximate surface area is 182 Å². The van der Waals surface area contributed by atoms with Crippen molar-refractivity contribution < 1.29 is 19.1 Å². The third-order valence-electron chi connectivity index (χ3n) is 5.30. The normalized spacial score (nSPS) is 19.5. The summed E-state index contributed by atoms with van der Waals surface area (Å²) in [6, 6.07) is 7.30. The molecule has 0 aliphatic carbocycles. The third kappa shape index (κ3) is 4.43. The zero-order valence-electron chi connectivity index (χ0n) is 16.2. The number of fused-ring (bicyclic) bond motifs is 1. The van der Waals surface area contributed by atoms with Crippen LogP contribution in [-0.2, 0) is 4.79 Å². The molecule has 1 fully saturated rings. The van der Waals surface area contributed by atoms with Crippen molar-refractivity contribution in [3.05, 3.63) is 44.6 Å². The molecule has 2 aliphatic heterocycles. The molecule has 2 aromatic rings. The van der Waals surface area contributed by atoms with E-state index in [2.05, 4.69) is 21.2 Å². The molecule has 0 spiro atoms. The number of likely N-dealkylation sites (tertiary alicyclic amines) is 1. The number of carbonyl (C=O) groups excluding carboxylic acids is 2. The number of hydrogen-bond donors (Lipinski definition) is 1. The quantitative estimate of drug-likeness (QED) is 0.720. The first-order valence-corrected chi connectivity index (χ1v) is 11.4. The van der Waals surface area contributed by atoms with Gasteiger partial charge in [-0.25, -0.2) is 0 Å². The summed E-state index contributed by atoms with van der Waals surface area (Å²) in [6.07, 6.45) is 1.62. The number of carbonyl (C=O) groups is 2. The molecule has 0 radical (unpaired) electrons. The minimum Gasteiger partial charge on any atom is -0.486 e. The Balaban J connectivity index is 1.41. The first-order chi connectivity index (χ1) is 14.0. The lowest BCUT2D eigenvalue weighted by molar-refractivity contribution is -0.127. The lowest BCUT2D eigenvalue weighted by Crippen LogP contribution is -2.45. The van der Waals surface area contributed by atoms with Crippen molar-refractivity contribution in [1.82, 2.24) is 10.2 Å². The Kier molecular flexibility index (Phi) is 6.10. The summed E-state index contributed by atoms with van der Waals surface area (Å²) >= 11 is 5.01. The summed E-state index contributed by atoms with van der Waals surface area (Å²) in [7, 11) is 0. The average Bonchev–Trinajstić information content (AvgIpc) is 3.27. The van der Waals surface area contributed by atoms with E-state index in [0.29, 0.717) is 37.8 Å². The predicted molar refractivity (Wildman–Crippen MR) is 115 cm³/mol. The molecule has 8 heteroatoms. The minimum absolute atomic E-state index is 0.0140. The maximum absolute atomic E-state index is 12.9. The Morgan fingerprint density at radius 2 is 2.03 bits per heavy atom. The van der Waals surface area contributed by atoms with Crippen LogP contribution in [0.5, 0.6) is 11.5 Å². The highest BCUT2D eigenvalue weighted by Gasteiger charge is 2.30. The lowest BCUT2D eigenvalue weighted by Gasteiger charge is -2.32. The van der Waals surface area contributed by atoms with Crippen LogP contribution in [0, 0.1) is 5.92 Å². The van der Waals surface area contributed by atoms with Gasteiger partial charge in [0.2, 0.25) is 5.91 Å². The van der Waals surface area contributed by atoms with Gasteiger partial charge in [0.15, 0.2) is 11.5 Å². The van der Waals surface area contributed by atoms with Gasteiger partial charge in [-0.1, -0.05) is 22.0 Å². The van der Waals surface area contributed by atoms with E-state index in [1.54, 1.807) is 4.90 Å². The van der Waals surface area contributed by atoms with Crippen molar-refractivity contribution >= 4 is 39.1 Å². The van der Waals surface area contributed by atoms with Crippen LogP contribution in [0.3, 0.4) is 0 Å². The van der Waals surface area contributed by atoms with Crippen LogP contribution in [-0.4, -0.2) is 43.0 Å². The molecule has 1 aromatic heterocycles. The summed E-state index contributed by atoms with van der Waals surface area (Å²) in [5, 5.41) is 5.00. The molecule has 1 aromatic carbocycles. The van der Waals surface area contributed by atoms with E-state index in [1.165, 1.54) is 11.3 Å². The Morgan fingerprint density at radius 3 is 2.76 bits per heavy atom. The number of piperidine rings is 1. The molecule has 3 heterocycles.